The van der Waals surface area contributed by atoms with Gasteiger partial charge in [-0.05, 0) is 49.6 Å². The Morgan fingerprint density at radius 2 is 1.95 bits per heavy atom. The van der Waals surface area contributed by atoms with Gasteiger partial charge >= 0.3 is 0 Å². The van der Waals surface area contributed by atoms with Crippen LogP contribution in [-0.4, -0.2) is 18.5 Å². The SMILES string of the molecule is Cl.NC[C@H]1CCC[C@H]1C(=O)NC1CC1Cc1ccccc1. The smallest absolute Gasteiger partial charge is 0.223 e. The molecule has 116 valence electrons. The van der Waals surface area contributed by atoms with Gasteiger partial charge in [0.05, 0.1) is 0 Å². The summed E-state index contributed by atoms with van der Waals surface area (Å²) in [6.07, 6.45) is 5.49. The summed E-state index contributed by atoms with van der Waals surface area (Å²) in [5, 5.41) is 3.24. The van der Waals surface area contributed by atoms with Crippen LogP contribution in [0.25, 0.3) is 0 Å². The van der Waals surface area contributed by atoms with Crippen molar-refractivity contribution in [2.45, 2.75) is 38.1 Å². The van der Waals surface area contributed by atoms with E-state index in [4.69, 9.17) is 5.73 Å². The minimum atomic E-state index is 0. The van der Waals surface area contributed by atoms with Crippen molar-refractivity contribution in [3.8, 4) is 0 Å². The lowest BCUT2D eigenvalue weighted by Gasteiger charge is -2.17. The van der Waals surface area contributed by atoms with Crippen molar-refractivity contribution in [3.63, 3.8) is 0 Å². The Hall–Kier alpha value is -1.06. The summed E-state index contributed by atoms with van der Waals surface area (Å²) in [7, 11) is 0. The molecule has 3 N–H and O–H groups in total. The fraction of sp³-hybridized carbons (Fsp3) is 0.588. The van der Waals surface area contributed by atoms with E-state index >= 15 is 0 Å². The van der Waals surface area contributed by atoms with Crippen molar-refractivity contribution in [2.24, 2.45) is 23.5 Å². The molecule has 1 aromatic carbocycles. The molecule has 3 nitrogen and oxygen atoms in total. The van der Waals surface area contributed by atoms with Crippen LogP contribution >= 0.6 is 12.4 Å². The maximum atomic E-state index is 12.3. The summed E-state index contributed by atoms with van der Waals surface area (Å²) in [6.45, 7) is 0.649. The second-order valence-electron chi connectivity index (χ2n) is 6.33. The van der Waals surface area contributed by atoms with Crippen molar-refractivity contribution in [3.05, 3.63) is 35.9 Å². The van der Waals surface area contributed by atoms with Crippen molar-refractivity contribution in [1.29, 1.82) is 0 Å². The number of nitrogens with two attached hydrogens (primary N) is 1. The number of hydrogen-bond donors (Lipinski definition) is 2. The number of rotatable bonds is 5. The van der Waals surface area contributed by atoms with Gasteiger partial charge < -0.3 is 11.1 Å². The van der Waals surface area contributed by atoms with Crippen LogP contribution in [0.5, 0.6) is 0 Å². The first-order valence-electron chi connectivity index (χ1n) is 7.82. The Bertz CT molecular complexity index is 465. The average molecular weight is 309 g/mol. The molecule has 3 rings (SSSR count). The number of halogens is 1. The van der Waals surface area contributed by atoms with E-state index in [1.807, 2.05) is 6.07 Å². The number of benzene rings is 1. The van der Waals surface area contributed by atoms with Gasteiger partial charge in [0.15, 0.2) is 0 Å². The lowest BCUT2D eigenvalue weighted by Crippen LogP contribution is -2.36. The van der Waals surface area contributed by atoms with Gasteiger partial charge in [0.1, 0.15) is 0 Å². The van der Waals surface area contributed by atoms with Gasteiger partial charge in [0.25, 0.3) is 0 Å². The first kappa shape index (κ1) is 16.3. The van der Waals surface area contributed by atoms with E-state index in [-0.39, 0.29) is 24.2 Å². The minimum absolute atomic E-state index is 0. The fourth-order valence-electron chi connectivity index (χ4n) is 3.52. The maximum Gasteiger partial charge on any atom is 0.223 e. The molecule has 0 bridgehead atoms. The fourth-order valence-corrected chi connectivity index (χ4v) is 3.52. The molecule has 0 saturated heterocycles. The van der Waals surface area contributed by atoms with Gasteiger partial charge in [-0.15, -0.1) is 12.4 Å². The molecule has 1 amide bonds. The highest BCUT2D eigenvalue weighted by Crippen LogP contribution is 2.36. The molecule has 4 heteroatoms. The number of carbonyl (C=O) groups is 1. The van der Waals surface area contributed by atoms with E-state index in [0.717, 1.165) is 32.1 Å². The van der Waals surface area contributed by atoms with Crippen LogP contribution < -0.4 is 11.1 Å². The standard InChI is InChI=1S/C17H24N2O.ClH/c18-11-13-7-4-8-15(13)17(20)19-16-10-14(16)9-12-5-2-1-3-6-12;/h1-3,5-6,13-16H,4,7-11,18H2,(H,19,20);1H/t13-,14?,15-,16?;/m1./s1. The predicted octanol–water partition coefficient (Wildman–Crippen LogP) is 2.53. The molecule has 2 saturated carbocycles. The van der Waals surface area contributed by atoms with Crippen LogP contribution in [0.1, 0.15) is 31.2 Å². The highest BCUT2D eigenvalue weighted by molar-refractivity contribution is 5.85. The molecule has 2 fully saturated rings. The van der Waals surface area contributed by atoms with Gasteiger partial charge in [-0.3, -0.25) is 4.79 Å². The molecule has 0 spiro atoms. The highest BCUT2D eigenvalue weighted by Gasteiger charge is 2.40. The largest absolute Gasteiger partial charge is 0.353 e. The maximum absolute atomic E-state index is 12.3. The first-order valence-corrected chi connectivity index (χ1v) is 7.82. The Labute approximate surface area is 133 Å². The molecule has 4 atom stereocenters. The van der Waals surface area contributed by atoms with Crippen molar-refractivity contribution in [1.82, 2.24) is 5.32 Å². The minimum Gasteiger partial charge on any atom is -0.353 e. The van der Waals surface area contributed by atoms with Crippen molar-refractivity contribution >= 4 is 18.3 Å². The van der Waals surface area contributed by atoms with Gasteiger partial charge in [-0.2, -0.15) is 0 Å². The third-order valence-electron chi connectivity index (χ3n) is 4.89. The van der Waals surface area contributed by atoms with Crippen LogP contribution in [0.3, 0.4) is 0 Å². The molecule has 0 aromatic heterocycles. The predicted molar refractivity (Wildman–Crippen MR) is 87.3 cm³/mol. The molecule has 2 unspecified atom stereocenters. The molecule has 0 aliphatic heterocycles. The van der Waals surface area contributed by atoms with Crippen LogP contribution in [0, 0.1) is 17.8 Å². The third kappa shape index (κ3) is 3.98. The zero-order valence-corrected chi connectivity index (χ0v) is 13.1. The molecule has 21 heavy (non-hydrogen) atoms. The summed E-state index contributed by atoms with van der Waals surface area (Å²) in [4.78, 5) is 12.3. The second kappa shape index (κ2) is 7.28. The van der Waals surface area contributed by atoms with Crippen LogP contribution in [0.15, 0.2) is 30.3 Å². The van der Waals surface area contributed by atoms with E-state index in [1.165, 1.54) is 5.56 Å². The molecule has 0 radical (unpaired) electrons. The second-order valence-corrected chi connectivity index (χ2v) is 6.33. The third-order valence-corrected chi connectivity index (χ3v) is 4.89. The lowest BCUT2D eigenvalue weighted by atomic mass is 9.95. The summed E-state index contributed by atoms with van der Waals surface area (Å²) in [6, 6.07) is 10.9. The quantitative estimate of drug-likeness (QED) is 0.878. The van der Waals surface area contributed by atoms with Gasteiger partial charge in [-0.25, -0.2) is 0 Å². The number of carbonyl (C=O) groups excluding carboxylic acids is 1. The normalized spacial score (nSPS) is 30.5. The molecule has 2 aliphatic carbocycles. The summed E-state index contributed by atoms with van der Waals surface area (Å²) in [5.74, 6) is 1.44. The lowest BCUT2D eigenvalue weighted by molar-refractivity contribution is -0.126. The highest BCUT2D eigenvalue weighted by atomic mass is 35.5. The first-order chi connectivity index (χ1) is 9.78. The van der Waals surface area contributed by atoms with E-state index in [2.05, 4.69) is 29.6 Å². The number of hydrogen-bond acceptors (Lipinski definition) is 2. The van der Waals surface area contributed by atoms with E-state index < -0.39 is 0 Å². The summed E-state index contributed by atoms with van der Waals surface area (Å²) in [5.41, 5.74) is 7.13. The number of nitrogens with one attached hydrogen (secondary N) is 1. The monoisotopic (exact) mass is 308 g/mol. The topological polar surface area (TPSA) is 55.1 Å². The number of amides is 1. The van der Waals surface area contributed by atoms with Crippen LogP contribution in [0.2, 0.25) is 0 Å². The van der Waals surface area contributed by atoms with Gasteiger partial charge in [0, 0.05) is 12.0 Å². The Morgan fingerprint density at radius 1 is 1.19 bits per heavy atom. The van der Waals surface area contributed by atoms with Crippen molar-refractivity contribution < 1.29 is 4.79 Å². The molecular formula is C17H25ClN2O. The summed E-state index contributed by atoms with van der Waals surface area (Å²) >= 11 is 0. The molecule has 0 heterocycles. The van der Waals surface area contributed by atoms with Gasteiger partial charge in [-0.1, -0.05) is 36.8 Å². The zero-order chi connectivity index (χ0) is 13.9. The Kier molecular flexibility index (Phi) is 5.65. The molecular weight excluding hydrogens is 284 g/mol. The van der Waals surface area contributed by atoms with E-state index in [1.54, 1.807) is 0 Å². The van der Waals surface area contributed by atoms with Crippen molar-refractivity contribution in [2.75, 3.05) is 6.54 Å². The molecule has 1 aromatic rings. The summed E-state index contributed by atoms with van der Waals surface area (Å²) < 4.78 is 0. The van der Waals surface area contributed by atoms with Crippen LogP contribution in [0.4, 0.5) is 0 Å². The van der Waals surface area contributed by atoms with E-state index in [9.17, 15) is 4.79 Å². The zero-order valence-electron chi connectivity index (χ0n) is 12.3. The van der Waals surface area contributed by atoms with E-state index in [0.29, 0.717) is 24.4 Å². The Morgan fingerprint density at radius 3 is 2.67 bits per heavy atom. The Balaban J connectivity index is 0.00000161. The van der Waals surface area contributed by atoms with Crippen LogP contribution in [-0.2, 0) is 11.2 Å². The molecule has 2 aliphatic rings. The van der Waals surface area contributed by atoms with Gasteiger partial charge in [0.2, 0.25) is 5.91 Å². The average Bonchev–Trinajstić information content (AvgIpc) is 3.02.